The van der Waals surface area contributed by atoms with E-state index in [1.807, 2.05) is 39.8 Å². The van der Waals surface area contributed by atoms with Gasteiger partial charge in [-0.2, -0.15) is 0 Å². The van der Waals surface area contributed by atoms with Crippen LogP contribution < -0.4 is 10.2 Å². The third-order valence-electron chi connectivity index (χ3n) is 6.29. The Balaban J connectivity index is 2.07. The van der Waals surface area contributed by atoms with Crippen LogP contribution in [-0.2, 0) is 22.3 Å². The highest BCUT2D eigenvalue weighted by atomic mass is 16.5. The van der Waals surface area contributed by atoms with Gasteiger partial charge in [0.25, 0.3) is 0 Å². The van der Waals surface area contributed by atoms with Gasteiger partial charge in [0, 0.05) is 24.3 Å². The molecule has 7 heteroatoms. The Bertz CT molecular complexity index is 1390. The number of benzene rings is 2. The molecule has 206 valence electrons. The predicted molar refractivity (Wildman–Crippen MR) is 152 cm³/mol. The van der Waals surface area contributed by atoms with Crippen LogP contribution in [0.15, 0.2) is 44.6 Å². The van der Waals surface area contributed by atoms with Gasteiger partial charge in [0.2, 0.25) is 5.43 Å². The number of phenols is 2. The van der Waals surface area contributed by atoms with Crippen molar-refractivity contribution in [1.29, 1.82) is 0 Å². The van der Waals surface area contributed by atoms with Crippen molar-refractivity contribution in [2.24, 2.45) is 0 Å². The van der Waals surface area contributed by atoms with Crippen LogP contribution in [0.4, 0.5) is 0 Å². The molecule has 0 aliphatic rings. The summed E-state index contributed by atoms with van der Waals surface area (Å²) in [6.07, 6.45) is 5.79. The minimum absolute atomic E-state index is 0.0538. The molecule has 0 amide bonds. The number of allylic oxidation sites excluding steroid dienone is 4. The van der Waals surface area contributed by atoms with E-state index in [1.54, 1.807) is 13.0 Å². The number of ether oxygens (including phenoxy) is 3. The molecule has 7 nitrogen and oxygen atoms in total. The lowest BCUT2D eigenvalue weighted by Gasteiger charge is -2.16. The molecule has 0 saturated carbocycles. The van der Waals surface area contributed by atoms with Crippen LogP contribution in [0.25, 0.3) is 21.9 Å². The van der Waals surface area contributed by atoms with E-state index in [9.17, 15) is 15.0 Å². The third kappa shape index (κ3) is 6.97. The normalized spacial score (nSPS) is 11.2. The molecular formula is C31H40O7. The van der Waals surface area contributed by atoms with E-state index in [0.717, 1.165) is 17.6 Å². The molecule has 38 heavy (non-hydrogen) atoms. The van der Waals surface area contributed by atoms with E-state index in [1.165, 1.54) is 6.07 Å². The van der Waals surface area contributed by atoms with Gasteiger partial charge in [0.05, 0.1) is 25.2 Å². The van der Waals surface area contributed by atoms with Crippen LogP contribution in [0, 0.1) is 6.92 Å². The molecule has 0 fully saturated rings. The summed E-state index contributed by atoms with van der Waals surface area (Å²) in [4.78, 5) is 13.8. The van der Waals surface area contributed by atoms with Gasteiger partial charge in [0.1, 0.15) is 40.4 Å². The summed E-state index contributed by atoms with van der Waals surface area (Å²) in [6.45, 7) is 14.0. The minimum atomic E-state index is -0.334. The molecule has 0 saturated heterocycles. The molecule has 3 aromatic rings. The average molecular weight is 525 g/mol. The molecule has 0 unspecified atom stereocenters. The molecule has 0 atom stereocenters. The Kier molecular flexibility index (Phi) is 10.4. The number of rotatable bonds is 13. The molecule has 0 radical (unpaired) electrons. The smallest absolute Gasteiger partial charge is 0.204 e. The highest BCUT2D eigenvalue weighted by Gasteiger charge is 2.22. The number of aromatic hydroxyl groups is 2. The fourth-order valence-corrected chi connectivity index (χ4v) is 4.20. The second-order valence-electron chi connectivity index (χ2n) is 9.92. The molecule has 0 bridgehead atoms. The van der Waals surface area contributed by atoms with Crippen molar-refractivity contribution in [2.45, 2.75) is 60.8 Å². The van der Waals surface area contributed by atoms with Crippen LogP contribution in [0.2, 0.25) is 0 Å². The SMILES string of the molecule is CCCOCCOCCOc1cc2oc3cc(O)c(C)c(CC=C(C)C)c3c(=O)c2c(O)c1CC=C(C)C. The number of fused-ring (bicyclic) bond motifs is 2. The highest BCUT2D eigenvalue weighted by Crippen LogP contribution is 2.38. The van der Waals surface area contributed by atoms with Crippen LogP contribution >= 0.6 is 0 Å². The molecular weight excluding hydrogens is 484 g/mol. The van der Waals surface area contributed by atoms with Gasteiger partial charge < -0.3 is 28.8 Å². The van der Waals surface area contributed by atoms with E-state index < -0.39 is 0 Å². The first-order valence-electron chi connectivity index (χ1n) is 13.2. The number of hydrogen-bond acceptors (Lipinski definition) is 7. The van der Waals surface area contributed by atoms with E-state index in [-0.39, 0.29) is 40.1 Å². The van der Waals surface area contributed by atoms with Gasteiger partial charge in [-0.25, -0.2) is 0 Å². The van der Waals surface area contributed by atoms with Crippen molar-refractivity contribution >= 4 is 21.9 Å². The zero-order valence-electron chi connectivity index (χ0n) is 23.4. The maximum atomic E-state index is 13.8. The quantitative estimate of drug-likeness (QED) is 0.149. The summed E-state index contributed by atoms with van der Waals surface area (Å²) in [5.74, 6) is 0.318. The van der Waals surface area contributed by atoms with E-state index in [2.05, 4.69) is 6.92 Å². The van der Waals surface area contributed by atoms with Crippen LogP contribution in [0.1, 0.15) is 57.7 Å². The fourth-order valence-electron chi connectivity index (χ4n) is 4.20. The lowest BCUT2D eigenvalue weighted by atomic mass is 9.96. The predicted octanol–water partition coefficient (Wildman–Crippen LogP) is 6.51. The average Bonchev–Trinajstić information content (AvgIpc) is 2.85. The summed E-state index contributed by atoms with van der Waals surface area (Å²) < 4.78 is 23.1. The number of hydrogen-bond donors (Lipinski definition) is 2. The second kappa shape index (κ2) is 13.5. The maximum absolute atomic E-state index is 13.8. The molecule has 3 rings (SSSR count). The van der Waals surface area contributed by atoms with Crippen molar-refractivity contribution in [3.05, 3.63) is 62.3 Å². The summed E-state index contributed by atoms with van der Waals surface area (Å²) in [5, 5.41) is 22.4. The Hall–Kier alpha value is -3.29. The summed E-state index contributed by atoms with van der Waals surface area (Å²) >= 11 is 0. The highest BCUT2D eigenvalue weighted by molar-refractivity contribution is 5.97. The molecule has 1 aromatic heterocycles. The van der Waals surface area contributed by atoms with Gasteiger partial charge in [-0.05, 0) is 65.0 Å². The molecule has 0 aliphatic heterocycles. The molecule has 2 aromatic carbocycles. The molecule has 2 N–H and O–H groups in total. The van der Waals surface area contributed by atoms with Crippen LogP contribution in [0.3, 0.4) is 0 Å². The zero-order chi connectivity index (χ0) is 27.8. The van der Waals surface area contributed by atoms with Gasteiger partial charge >= 0.3 is 0 Å². The van der Waals surface area contributed by atoms with Gasteiger partial charge in [-0.15, -0.1) is 0 Å². The van der Waals surface area contributed by atoms with Crippen molar-refractivity contribution in [3.8, 4) is 17.2 Å². The monoisotopic (exact) mass is 524 g/mol. The fraction of sp³-hybridized carbons (Fsp3) is 0.452. The molecule has 0 spiro atoms. The third-order valence-corrected chi connectivity index (χ3v) is 6.29. The molecule has 1 heterocycles. The van der Waals surface area contributed by atoms with Gasteiger partial charge in [-0.3, -0.25) is 4.79 Å². The topological polar surface area (TPSA) is 98.4 Å². The Labute approximate surface area is 224 Å². The Morgan fingerprint density at radius 2 is 1.42 bits per heavy atom. The van der Waals surface area contributed by atoms with Crippen molar-refractivity contribution < 1.29 is 28.8 Å². The van der Waals surface area contributed by atoms with Gasteiger partial charge in [0.15, 0.2) is 0 Å². The first-order valence-corrected chi connectivity index (χ1v) is 13.2. The Morgan fingerprint density at radius 1 is 0.842 bits per heavy atom. The molecule has 0 aliphatic carbocycles. The second-order valence-corrected chi connectivity index (χ2v) is 9.92. The lowest BCUT2D eigenvalue weighted by Crippen LogP contribution is -2.12. The standard InChI is InChI=1S/C31H40O7/c1-7-12-35-13-14-36-15-16-37-25-18-27-29(30(33)23(25)11-9-20(4)5)31(34)28-22(10-8-19(2)3)21(6)24(32)17-26(28)38-27/h8-9,17-18,32-33H,7,10-16H2,1-6H3. The lowest BCUT2D eigenvalue weighted by molar-refractivity contribution is 0.0365. The maximum Gasteiger partial charge on any atom is 0.204 e. The summed E-state index contributed by atoms with van der Waals surface area (Å²) in [6, 6.07) is 3.10. The summed E-state index contributed by atoms with van der Waals surface area (Å²) in [5.41, 5.74) is 4.11. The van der Waals surface area contributed by atoms with Crippen LogP contribution in [0.5, 0.6) is 17.2 Å². The van der Waals surface area contributed by atoms with E-state index in [4.69, 9.17) is 18.6 Å². The Morgan fingerprint density at radius 3 is 2.05 bits per heavy atom. The van der Waals surface area contributed by atoms with Crippen molar-refractivity contribution in [3.63, 3.8) is 0 Å². The zero-order valence-corrected chi connectivity index (χ0v) is 23.4. The minimum Gasteiger partial charge on any atom is -0.508 e. The van der Waals surface area contributed by atoms with Gasteiger partial charge in [-0.1, -0.05) is 30.2 Å². The first-order chi connectivity index (χ1) is 18.1. The van der Waals surface area contributed by atoms with Crippen molar-refractivity contribution in [1.82, 2.24) is 0 Å². The number of phenolic OH excluding ortho intramolecular Hbond substituents is 2. The van der Waals surface area contributed by atoms with Crippen molar-refractivity contribution in [2.75, 3.05) is 33.0 Å². The summed E-state index contributed by atoms with van der Waals surface area (Å²) in [7, 11) is 0. The van der Waals surface area contributed by atoms with E-state index in [0.29, 0.717) is 67.1 Å². The first kappa shape index (κ1) is 29.3. The van der Waals surface area contributed by atoms with E-state index >= 15 is 0 Å². The van der Waals surface area contributed by atoms with Crippen LogP contribution in [-0.4, -0.2) is 43.2 Å². The largest absolute Gasteiger partial charge is 0.508 e.